The number of aliphatic hydroxyl groups is 2. The lowest BCUT2D eigenvalue weighted by Crippen LogP contribution is -2.73. The van der Waals surface area contributed by atoms with Gasteiger partial charge in [0.2, 0.25) is 0 Å². The molecule has 39 heavy (non-hydrogen) atoms. The molecule has 4 N–H and O–H groups in total. The summed E-state index contributed by atoms with van der Waals surface area (Å²) in [5, 5.41) is 37.5. The topological polar surface area (TPSA) is 121 Å². The number of phenols is 1. The fourth-order valence-electron chi connectivity index (χ4n) is 7.00. The number of anilines is 1. The van der Waals surface area contributed by atoms with E-state index in [0.717, 1.165) is 24.2 Å². The Kier molecular flexibility index (Phi) is 6.00. The molecule has 0 radical (unpaired) electrons. The average molecular weight is 537 g/mol. The number of methoxy groups -OCH3 is 2. The third-order valence-electron chi connectivity index (χ3n) is 9.37. The van der Waals surface area contributed by atoms with E-state index in [9.17, 15) is 20.1 Å². The first-order valence-corrected chi connectivity index (χ1v) is 13.5. The van der Waals surface area contributed by atoms with Gasteiger partial charge in [0.15, 0.2) is 17.6 Å². The predicted molar refractivity (Wildman–Crippen MR) is 145 cm³/mol. The van der Waals surface area contributed by atoms with Gasteiger partial charge in [-0.1, -0.05) is 6.07 Å². The molecule has 2 aliphatic heterocycles. The van der Waals surface area contributed by atoms with Crippen LogP contribution in [-0.2, 0) is 16.6 Å². The molecule has 2 aliphatic carbocycles. The predicted octanol–water partition coefficient (Wildman–Crippen LogP) is 3.67. The van der Waals surface area contributed by atoms with Crippen molar-refractivity contribution >= 4 is 11.6 Å². The smallest absolute Gasteiger partial charge is 0.254 e. The van der Waals surface area contributed by atoms with Crippen LogP contribution in [0.4, 0.5) is 5.69 Å². The Hall–Kier alpha value is -3.43. The van der Waals surface area contributed by atoms with E-state index in [1.807, 2.05) is 13.0 Å². The second-order valence-electron chi connectivity index (χ2n) is 11.5. The molecule has 2 heterocycles. The third-order valence-corrected chi connectivity index (χ3v) is 9.37. The van der Waals surface area contributed by atoms with E-state index in [-0.39, 0.29) is 28.9 Å². The van der Waals surface area contributed by atoms with E-state index in [0.29, 0.717) is 35.9 Å². The largest absolute Gasteiger partial charge is 0.508 e. The SMILES string of the molecule is COc1ccc(NC(=O)/C(C)=C(\O)[C@@H]2Oc3c(O)ccc4c3[C@@]23CCN(CC2CC2)[C@H](C4)[C@@]3(C)O)c(OC)c1. The van der Waals surface area contributed by atoms with Crippen LogP contribution in [-0.4, -0.2) is 71.2 Å². The highest BCUT2D eigenvalue weighted by Crippen LogP contribution is 2.63. The fourth-order valence-corrected chi connectivity index (χ4v) is 7.00. The summed E-state index contributed by atoms with van der Waals surface area (Å²) in [5.41, 5.74) is -0.0813. The Labute approximate surface area is 228 Å². The molecule has 9 heteroatoms. The van der Waals surface area contributed by atoms with E-state index in [4.69, 9.17) is 14.2 Å². The molecule has 208 valence electrons. The number of ether oxygens (including phenoxy) is 3. The molecule has 1 spiro atoms. The zero-order chi connectivity index (χ0) is 27.7. The molecule has 4 atom stereocenters. The van der Waals surface area contributed by atoms with Gasteiger partial charge in [-0.3, -0.25) is 9.69 Å². The number of phenolic OH excluding ortho intramolecular Hbond substituents is 1. The minimum absolute atomic E-state index is 0.0387. The highest BCUT2D eigenvalue weighted by atomic mass is 16.5. The van der Waals surface area contributed by atoms with Crippen LogP contribution < -0.4 is 19.5 Å². The van der Waals surface area contributed by atoms with Crippen molar-refractivity contribution in [2.75, 3.05) is 32.6 Å². The molecule has 2 aromatic rings. The van der Waals surface area contributed by atoms with E-state index in [1.54, 1.807) is 31.4 Å². The monoisotopic (exact) mass is 536 g/mol. The van der Waals surface area contributed by atoms with Crippen LogP contribution in [0.3, 0.4) is 0 Å². The van der Waals surface area contributed by atoms with Crippen molar-refractivity contribution in [1.29, 1.82) is 0 Å². The number of aliphatic hydroxyl groups excluding tert-OH is 1. The Morgan fingerprint density at radius 1 is 1.21 bits per heavy atom. The molecule has 2 fully saturated rings. The second kappa shape index (κ2) is 9.06. The second-order valence-corrected chi connectivity index (χ2v) is 11.5. The molecule has 1 saturated heterocycles. The summed E-state index contributed by atoms with van der Waals surface area (Å²) in [5.74, 6) is 1.10. The van der Waals surface area contributed by atoms with Crippen molar-refractivity contribution < 1.29 is 34.3 Å². The Balaban J connectivity index is 1.39. The van der Waals surface area contributed by atoms with Crippen molar-refractivity contribution in [2.45, 2.75) is 62.7 Å². The molecule has 9 nitrogen and oxygen atoms in total. The van der Waals surface area contributed by atoms with Crippen molar-refractivity contribution in [1.82, 2.24) is 4.90 Å². The summed E-state index contributed by atoms with van der Waals surface area (Å²) in [6, 6.07) is 8.35. The molecular weight excluding hydrogens is 500 g/mol. The van der Waals surface area contributed by atoms with Gasteiger partial charge in [-0.15, -0.1) is 0 Å². The van der Waals surface area contributed by atoms with Crippen LogP contribution in [0.5, 0.6) is 23.0 Å². The fraction of sp³-hybridized carbons (Fsp3) is 0.500. The van der Waals surface area contributed by atoms with E-state index in [2.05, 4.69) is 10.2 Å². The number of nitrogens with zero attached hydrogens (tertiary/aromatic N) is 1. The van der Waals surface area contributed by atoms with Crippen LogP contribution in [0, 0.1) is 5.92 Å². The van der Waals surface area contributed by atoms with Crippen molar-refractivity contribution in [3.63, 3.8) is 0 Å². The highest BCUT2D eigenvalue weighted by Gasteiger charge is 2.69. The maximum Gasteiger partial charge on any atom is 0.254 e. The van der Waals surface area contributed by atoms with Gasteiger partial charge >= 0.3 is 0 Å². The molecular formula is C30H36N2O7. The normalized spacial score (nSPS) is 29.7. The number of piperidine rings is 1. The highest BCUT2D eigenvalue weighted by molar-refractivity contribution is 6.04. The maximum absolute atomic E-state index is 13.4. The van der Waals surface area contributed by atoms with Gasteiger partial charge in [0, 0.05) is 24.2 Å². The summed E-state index contributed by atoms with van der Waals surface area (Å²) in [6.07, 6.45) is 2.54. The van der Waals surface area contributed by atoms with Gasteiger partial charge < -0.3 is 34.8 Å². The third kappa shape index (κ3) is 3.77. The summed E-state index contributed by atoms with van der Waals surface area (Å²) < 4.78 is 16.9. The summed E-state index contributed by atoms with van der Waals surface area (Å²) >= 11 is 0. The maximum atomic E-state index is 13.4. The molecule has 6 rings (SSSR count). The number of rotatable bonds is 7. The van der Waals surface area contributed by atoms with Crippen molar-refractivity contribution in [2.24, 2.45) is 5.92 Å². The Morgan fingerprint density at radius 2 is 1.97 bits per heavy atom. The summed E-state index contributed by atoms with van der Waals surface area (Å²) in [4.78, 5) is 15.7. The zero-order valence-corrected chi connectivity index (χ0v) is 22.8. The molecule has 4 aliphatic rings. The minimum atomic E-state index is -1.28. The van der Waals surface area contributed by atoms with E-state index < -0.39 is 23.0 Å². The summed E-state index contributed by atoms with van der Waals surface area (Å²) in [7, 11) is 3.04. The molecule has 0 unspecified atom stereocenters. The van der Waals surface area contributed by atoms with Gasteiger partial charge in [0.1, 0.15) is 17.3 Å². The van der Waals surface area contributed by atoms with Crippen LogP contribution in [0.2, 0.25) is 0 Å². The van der Waals surface area contributed by atoms with Crippen LogP contribution in [0.1, 0.15) is 44.2 Å². The first-order valence-electron chi connectivity index (χ1n) is 13.5. The molecule has 2 aromatic carbocycles. The number of hydrogen-bond acceptors (Lipinski definition) is 8. The van der Waals surface area contributed by atoms with Crippen LogP contribution in [0.15, 0.2) is 41.7 Å². The number of carbonyl (C=O) groups excluding carboxylic acids is 1. The Bertz CT molecular complexity index is 1370. The summed E-state index contributed by atoms with van der Waals surface area (Å²) in [6.45, 7) is 5.02. The number of hydrogen-bond donors (Lipinski definition) is 4. The Morgan fingerprint density at radius 3 is 2.67 bits per heavy atom. The number of aromatic hydroxyl groups is 1. The van der Waals surface area contributed by atoms with Crippen molar-refractivity contribution in [3.05, 3.63) is 52.8 Å². The minimum Gasteiger partial charge on any atom is -0.508 e. The van der Waals surface area contributed by atoms with Gasteiger partial charge in [-0.05, 0) is 75.8 Å². The number of nitrogens with one attached hydrogen (secondary N) is 1. The van der Waals surface area contributed by atoms with Gasteiger partial charge in [0.05, 0.1) is 36.5 Å². The van der Waals surface area contributed by atoms with Crippen LogP contribution >= 0.6 is 0 Å². The molecule has 0 aromatic heterocycles. The standard InChI is InChI=1S/C30H36N2O7/c1-16(28(35)31-20-9-8-19(37-3)14-22(20)38-4)25(34)27-30-11-12-32(15-17-5-6-17)23(29(30,2)36)13-18-7-10-21(33)26(39-27)24(18)30/h7-10,14,17,23,27,33-34,36H,5-6,11-13,15H2,1-4H3,(H,31,35)/b25-16-/t23-,27+,29-,30+/m1/s1. The van der Waals surface area contributed by atoms with E-state index in [1.165, 1.54) is 26.9 Å². The number of likely N-dealkylation sites (tertiary alicyclic amines) is 1. The van der Waals surface area contributed by atoms with Crippen LogP contribution in [0.25, 0.3) is 0 Å². The van der Waals surface area contributed by atoms with Gasteiger partial charge in [0.25, 0.3) is 5.91 Å². The zero-order valence-electron chi connectivity index (χ0n) is 22.8. The lowest BCUT2D eigenvalue weighted by molar-refractivity contribution is -0.153. The molecule has 2 bridgehead atoms. The number of carbonyl (C=O) groups is 1. The van der Waals surface area contributed by atoms with Gasteiger partial charge in [-0.2, -0.15) is 0 Å². The van der Waals surface area contributed by atoms with Crippen molar-refractivity contribution in [3.8, 4) is 23.0 Å². The van der Waals surface area contributed by atoms with Gasteiger partial charge in [-0.25, -0.2) is 0 Å². The first kappa shape index (κ1) is 25.8. The molecule has 1 saturated carbocycles. The number of benzene rings is 2. The van der Waals surface area contributed by atoms with E-state index >= 15 is 0 Å². The lowest BCUT2D eigenvalue weighted by atomic mass is 9.53. The quantitative estimate of drug-likeness (QED) is 0.313. The lowest BCUT2D eigenvalue weighted by Gasteiger charge is -2.59. The first-order chi connectivity index (χ1) is 18.6. The number of amides is 1. The molecule has 1 amide bonds. The average Bonchev–Trinajstić information content (AvgIpc) is 3.66. The number of fused-ring (bicyclic) bond motifs is 1.